The molecule has 0 saturated carbocycles. The smallest absolute Gasteiger partial charge is 0.212 e. The molecule has 1 heterocycles. The van der Waals surface area contributed by atoms with Gasteiger partial charge in [0.2, 0.25) is 5.88 Å². The first kappa shape index (κ1) is 14.8. The van der Waals surface area contributed by atoms with Gasteiger partial charge in [0.15, 0.2) is 0 Å². The molecule has 0 aliphatic carbocycles. The van der Waals surface area contributed by atoms with E-state index in [2.05, 4.69) is 16.4 Å². The van der Waals surface area contributed by atoms with Gasteiger partial charge in [0.25, 0.3) is 0 Å². The number of pyridine rings is 1. The van der Waals surface area contributed by atoms with Crippen LogP contribution in [-0.2, 0) is 12.8 Å². The van der Waals surface area contributed by atoms with Crippen LogP contribution in [0.4, 0.5) is 0 Å². The second-order valence-corrected chi connectivity index (χ2v) is 5.17. The van der Waals surface area contributed by atoms with E-state index in [1.807, 2.05) is 43.6 Å². The van der Waals surface area contributed by atoms with Crippen molar-refractivity contribution < 1.29 is 4.74 Å². The van der Waals surface area contributed by atoms with Crippen LogP contribution in [-0.4, -0.2) is 25.2 Å². The molecule has 2 rings (SSSR count). The van der Waals surface area contributed by atoms with Crippen molar-refractivity contribution in [2.75, 3.05) is 14.2 Å². The number of hydrogen-bond acceptors (Lipinski definition) is 3. The monoisotopic (exact) mass is 290 g/mol. The quantitative estimate of drug-likeness (QED) is 0.887. The minimum Gasteiger partial charge on any atom is -0.481 e. The van der Waals surface area contributed by atoms with Gasteiger partial charge in [0.1, 0.15) is 0 Å². The maximum Gasteiger partial charge on any atom is 0.212 e. The molecule has 4 heteroatoms. The Morgan fingerprint density at radius 2 is 2.00 bits per heavy atom. The van der Waals surface area contributed by atoms with Crippen LogP contribution >= 0.6 is 11.6 Å². The van der Waals surface area contributed by atoms with E-state index in [-0.39, 0.29) is 0 Å². The highest BCUT2D eigenvalue weighted by Crippen LogP contribution is 2.15. The van der Waals surface area contributed by atoms with Gasteiger partial charge in [-0.2, -0.15) is 0 Å². The Hall–Kier alpha value is -1.58. The molecular formula is C16H19ClN2O. The molecule has 0 fully saturated rings. The first-order valence-electron chi connectivity index (χ1n) is 6.62. The molecule has 0 aliphatic rings. The number of rotatable bonds is 6. The van der Waals surface area contributed by atoms with Crippen LogP contribution in [0.1, 0.15) is 11.1 Å². The zero-order valence-corrected chi connectivity index (χ0v) is 12.5. The molecule has 3 nitrogen and oxygen atoms in total. The molecular weight excluding hydrogens is 272 g/mol. The number of aromatic nitrogens is 1. The third-order valence-electron chi connectivity index (χ3n) is 3.27. The molecule has 1 aromatic heterocycles. The number of halogens is 1. The molecule has 20 heavy (non-hydrogen) atoms. The molecule has 2 aromatic rings. The van der Waals surface area contributed by atoms with Gasteiger partial charge in [-0.1, -0.05) is 29.8 Å². The van der Waals surface area contributed by atoms with Gasteiger partial charge in [0.05, 0.1) is 7.11 Å². The lowest BCUT2D eigenvalue weighted by molar-refractivity contribution is 0.397. The minimum atomic E-state index is 0.351. The predicted octanol–water partition coefficient (Wildman–Crippen LogP) is 3.12. The fourth-order valence-corrected chi connectivity index (χ4v) is 2.37. The van der Waals surface area contributed by atoms with E-state index in [0.717, 1.165) is 17.9 Å². The fourth-order valence-electron chi connectivity index (χ4n) is 2.16. The summed E-state index contributed by atoms with van der Waals surface area (Å²) in [5.74, 6) is 0.643. The van der Waals surface area contributed by atoms with Gasteiger partial charge >= 0.3 is 0 Å². The number of likely N-dealkylation sites (N-methyl/N-ethyl adjacent to an activating group) is 1. The largest absolute Gasteiger partial charge is 0.481 e. The lowest BCUT2D eigenvalue weighted by Gasteiger charge is -2.16. The van der Waals surface area contributed by atoms with Crippen LogP contribution in [0, 0.1) is 0 Å². The Morgan fingerprint density at radius 1 is 1.20 bits per heavy atom. The van der Waals surface area contributed by atoms with Crippen molar-refractivity contribution in [2.24, 2.45) is 0 Å². The van der Waals surface area contributed by atoms with E-state index in [1.165, 1.54) is 11.1 Å². The van der Waals surface area contributed by atoms with Crippen LogP contribution in [0.3, 0.4) is 0 Å². The molecule has 0 amide bonds. The maximum absolute atomic E-state index is 6.02. The topological polar surface area (TPSA) is 34.1 Å². The number of methoxy groups -OCH3 is 1. The van der Waals surface area contributed by atoms with E-state index < -0.39 is 0 Å². The molecule has 0 bridgehead atoms. The first-order chi connectivity index (χ1) is 9.71. The first-order valence-corrected chi connectivity index (χ1v) is 6.99. The summed E-state index contributed by atoms with van der Waals surface area (Å²) in [4.78, 5) is 4.23. The van der Waals surface area contributed by atoms with Gasteiger partial charge in [-0.05, 0) is 43.1 Å². The highest BCUT2D eigenvalue weighted by atomic mass is 35.5. The number of nitrogens with zero attached hydrogens (tertiary/aromatic N) is 1. The van der Waals surface area contributed by atoms with E-state index in [9.17, 15) is 0 Å². The second-order valence-electron chi connectivity index (χ2n) is 4.73. The molecule has 0 saturated heterocycles. The average molecular weight is 291 g/mol. The van der Waals surface area contributed by atoms with Crippen LogP contribution in [0.2, 0.25) is 5.02 Å². The van der Waals surface area contributed by atoms with Gasteiger partial charge in [-0.15, -0.1) is 0 Å². The molecule has 1 unspecified atom stereocenters. The Bertz CT molecular complexity index is 542. The zero-order valence-electron chi connectivity index (χ0n) is 11.8. The van der Waals surface area contributed by atoms with Gasteiger partial charge < -0.3 is 10.1 Å². The number of ether oxygens (including phenoxy) is 1. The fraction of sp³-hybridized carbons (Fsp3) is 0.312. The zero-order chi connectivity index (χ0) is 14.4. The SMILES string of the molecule is CNC(Cc1ccc(OC)nc1)Cc1cccc(Cl)c1. The Morgan fingerprint density at radius 3 is 2.60 bits per heavy atom. The minimum absolute atomic E-state index is 0.351. The highest BCUT2D eigenvalue weighted by Gasteiger charge is 2.09. The van der Waals surface area contributed by atoms with Gasteiger partial charge in [-0.3, -0.25) is 0 Å². The lowest BCUT2D eigenvalue weighted by Crippen LogP contribution is -2.29. The summed E-state index contributed by atoms with van der Waals surface area (Å²) in [6.07, 6.45) is 3.71. The molecule has 1 aromatic carbocycles. The van der Waals surface area contributed by atoms with Crippen LogP contribution in [0.5, 0.6) is 5.88 Å². The van der Waals surface area contributed by atoms with Crippen molar-refractivity contribution in [3.63, 3.8) is 0 Å². The number of benzene rings is 1. The Kier molecular flexibility index (Phi) is 5.39. The van der Waals surface area contributed by atoms with Gasteiger partial charge in [0, 0.05) is 23.3 Å². The van der Waals surface area contributed by atoms with Crippen LogP contribution < -0.4 is 10.1 Å². The summed E-state index contributed by atoms with van der Waals surface area (Å²) in [7, 11) is 3.60. The number of nitrogens with one attached hydrogen (secondary N) is 1. The van der Waals surface area contributed by atoms with Gasteiger partial charge in [-0.25, -0.2) is 4.98 Å². The van der Waals surface area contributed by atoms with Crippen molar-refractivity contribution in [1.82, 2.24) is 10.3 Å². The molecule has 1 atom stereocenters. The predicted molar refractivity (Wildman–Crippen MR) is 82.5 cm³/mol. The molecule has 106 valence electrons. The van der Waals surface area contributed by atoms with E-state index in [4.69, 9.17) is 16.3 Å². The van der Waals surface area contributed by atoms with E-state index in [1.54, 1.807) is 7.11 Å². The summed E-state index contributed by atoms with van der Waals surface area (Å²) < 4.78 is 5.07. The van der Waals surface area contributed by atoms with E-state index in [0.29, 0.717) is 11.9 Å². The number of hydrogen-bond donors (Lipinski definition) is 1. The molecule has 0 radical (unpaired) electrons. The van der Waals surface area contributed by atoms with Crippen molar-refractivity contribution in [1.29, 1.82) is 0 Å². The molecule has 1 N–H and O–H groups in total. The molecule has 0 aliphatic heterocycles. The van der Waals surface area contributed by atoms with Crippen LogP contribution in [0.15, 0.2) is 42.6 Å². The Labute approximate surface area is 124 Å². The summed E-state index contributed by atoms with van der Waals surface area (Å²) in [6, 6.07) is 12.3. The highest BCUT2D eigenvalue weighted by molar-refractivity contribution is 6.30. The van der Waals surface area contributed by atoms with E-state index >= 15 is 0 Å². The third kappa shape index (κ3) is 4.22. The van der Waals surface area contributed by atoms with Crippen molar-refractivity contribution in [3.05, 3.63) is 58.7 Å². The standard InChI is InChI=1S/C16H19ClN2O/c1-18-15(9-12-4-3-5-14(17)8-12)10-13-6-7-16(20-2)19-11-13/h3-8,11,15,18H,9-10H2,1-2H3. The Balaban J connectivity index is 2.01. The second kappa shape index (κ2) is 7.27. The summed E-state index contributed by atoms with van der Waals surface area (Å²) in [6.45, 7) is 0. The van der Waals surface area contributed by atoms with Crippen molar-refractivity contribution in [2.45, 2.75) is 18.9 Å². The van der Waals surface area contributed by atoms with Crippen molar-refractivity contribution >= 4 is 11.6 Å². The molecule has 0 spiro atoms. The maximum atomic E-state index is 6.02. The summed E-state index contributed by atoms with van der Waals surface area (Å²) in [5, 5.41) is 4.13. The van der Waals surface area contributed by atoms with Crippen molar-refractivity contribution in [3.8, 4) is 5.88 Å². The summed E-state index contributed by atoms with van der Waals surface area (Å²) >= 11 is 6.02. The van der Waals surface area contributed by atoms with Crippen LogP contribution in [0.25, 0.3) is 0 Å². The summed E-state index contributed by atoms with van der Waals surface area (Å²) in [5.41, 5.74) is 2.42. The average Bonchev–Trinajstić information content (AvgIpc) is 2.47. The normalized spacial score (nSPS) is 12.2. The lowest BCUT2D eigenvalue weighted by atomic mass is 10.00. The third-order valence-corrected chi connectivity index (χ3v) is 3.50.